The zero-order valence-corrected chi connectivity index (χ0v) is 14.0. The lowest BCUT2D eigenvalue weighted by molar-refractivity contribution is -0.134. The minimum atomic E-state index is -0.130. The van der Waals surface area contributed by atoms with Crippen LogP contribution in [-0.2, 0) is 9.53 Å². The highest BCUT2D eigenvalue weighted by Gasteiger charge is 2.51. The summed E-state index contributed by atoms with van der Waals surface area (Å²) >= 11 is 5.48. The van der Waals surface area contributed by atoms with Gasteiger partial charge in [-0.15, -0.1) is 0 Å². The van der Waals surface area contributed by atoms with E-state index in [0.29, 0.717) is 18.3 Å². The molecule has 1 heterocycles. The molecule has 5 aliphatic rings. The Balaban J connectivity index is 1.46. The summed E-state index contributed by atoms with van der Waals surface area (Å²) < 4.78 is 5.36. The second-order valence-corrected chi connectivity index (χ2v) is 8.28. The van der Waals surface area contributed by atoms with Crippen molar-refractivity contribution in [3.63, 3.8) is 0 Å². The summed E-state index contributed by atoms with van der Waals surface area (Å²) in [7, 11) is 0. The van der Waals surface area contributed by atoms with Crippen LogP contribution in [-0.4, -0.2) is 42.2 Å². The Kier molecular flexibility index (Phi) is 3.89. The van der Waals surface area contributed by atoms with Gasteiger partial charge in [-0.1, -0.05) is 0 Å². The van der Waals surface area contributed by atoms with E-state index >= 15 is 0 Å². The maximum absolute atomic E-state index is 13.0. The largest absolute Gasteiger partial charge is 0.378 e. The molecule has 5 heteroatoms. The van der Waals surface area contributed by atoms with E-state index in [9.17, 15) is 4.79 Å². The van der Waals surface area contributed by atoms with Gasteiger partial charge in [-0.25, -0.2) is 0 Å². The van der Waals surface area contributed by atoms with Crippen molar-refractivity contribution in [2.45, 2.75) is 44.9 Å². The number of hydrogen-bond acceptors (Lipinski definition) is 3. The molecule has 22 heavy (non-hydrogen) atoms. The van der Waals surface area contributed by atoms with Gasteiger partial charge in [0, 0.05) is 13.1 Å². The summed E-state index contributed by atoms with van der Waals surface area (Å²) in [5.74, 6) is 2.65. The molecule has 2 atom stereocenters. The van der Waals surface area contributed by atoms with E-state index in [1.54, 1.807) is 0 Å². The van der Waals surface area contributed by atoms with Crippen LogP contribution in [0, 0.1) is 23.2 Å². The molecule has 1 aliphatic heterocycles. The van der Waals surface area contributed by atoms with Crippen molar-refractivity contribution in [3.8, 4) is 0 Å². The maximum atomic E-state index is 13.0. The molecule has 4 bridgehead atoms. The molecule has 122 valence electrons. The first kappa shape index (κ1) is 14.9. The Labute approximate surface area is 137 Å². The number of ether oxygens (including phenoxy) is 1. The number of thiocarbonyl (C=S) groups is 1. The van der Waals surface area contributed by atoms with Crippen molar-refractivity contribution in [2.75, 3.05) is 26.3 Å². The van der Waals surface area contributed by atoms with E-state index in [1.807, 2.05) is 0 Å². The molecular weight excluding hydrogens is 296 g/mol. The molecular formula is C17H26N2O2S. The quantitative estimate of drug-likeness (QED) is 0.752. The first-order valence-electron chi connectivity index (χ1n) is 8.83. The summed E-state index contributed by atoms with van der Waals surface area (Å²) in [6.45, 7) is 2.98. The molecule has 5 fully saturated rings. The minimum absolute atomic E-state index is 0.130. The summed E-state index contributed by atoms with van der Waals surface area (Å²) in [5, 5.41) is 3.71. The minimum Gasteiger partial charge on any atom is -0.378 e. The third kappa shape index (κ3) is 2.67. The number of carbonyl (C=O) groups excluding carboxylic acids is 1. The van der Waals surface area contributed by atoms with Gasteiger partial charge in [0.05, 0.1) is 18.6 Å². The molecule has 5 rings (SSSR count). The highest BCUT2D eigenvalue weighted by Crippen LogP contribution is 2.57. The molecule has 1 amide bonds. The standard InChI is InChI=1S/C17H26N2O2S/c20-15(18-16(22)19-3-5-21-6-4-19)17-2-1-12-7-13(10-17)9-14(8-12)11-17/h12-14H,1-11H2,(H,18,20,22)/t12?,13-,14-,17?/m1/s1. The number of nitrogens with one attached hydrogen (secondary N) is 1. The fourth-order valence-corrected chi connectivity index (χ4v) is 5.79. The number of morpholine rings is 1. The lowest BCUT2D eigenvalue weighted by Gasteiger charge is -2.44. The normalized spacial score (nSPS) is 40.4. The highest BCUT2D eigenvalue weighted by molar-refractivity contribution is 7.80. The molecule has 4 saturated carbocycles. The van der Waals surface area contributed by atoms with Crippen LogP contribution in [0.25, 0.3) is 0 Å². The van der Waals surface area contributed by atoms with Gasteiger partial charge in [0.15, 0.2) is 5.11 Å². The molecule has 0 aromatic carbocycles. The Morgan fingerprint density at radius 2 is 1.73 bits per heavy atom. The van der Waals surface area contributed by atoms with Crippen LogP contribution >= 0.6 is 12.2 Å². The summed E-state index contributed by atoms with van der Waals surface area (Å²) in [6.07, 6.45) is 8.58. The second kappa shape index (κ2) is 5.75. The summed E-state index contributed by atoms with van der Waals surface area (Å²) in [4.78, 5) is 15.1. The molecule has 1 N–H and O–H groups in total. The zero-order chi connectivity index (χ0) is 15.2. The molecule has 0 aromatic rings. The average molecular weight is 322 g/mol. The Morgan fingerprint density at radius 3 is 2.41 bits per heavy atom. The SMILES string of the molecule is O=C(NC(=S)N1CCOCC1)C12CCC3C[C@H](C[C@@H](C3)C1)C2. The van der Waals surface area contributed by atoms with Crippen molar-refractivity contribution in [2.24, 2.45) is 23.2 Å². The van der Waals surface area contributed by atoms with Gasteiger partial charge < -0.3 is 15.0 Å². The third-order valence-corrected chi connectivity index (χ3v) is 6.75. The maximum Gasteiger partial charge on any atom is 0.232 e. The third-order valence-electron chi connectivity index (χ3n) is 6.39. The van der Waals surface area contributed by atoms with Gasteiger partial charge in [-0.05, 0) is 74.9 Å². The lowest BCUT2D eigenvalue weighted by Crippen LogP contribution is -2.53. The first-order chi connectivity index (χ1) is 10.6. The van der Waals surface area contributed by atoms with E-state index in [0.717, 1.165) is 50.1 Å². The van der Waals surface area contributed by atoms with Crippen LogP contribution < -0.4 is 5.32 Å². The van der Waals surface area contributed by atoms with Crippen molar-refractivity contribution in [3.05, 3.63) is 0 Å². The van der Waals surface area contributed by atoms with Crippen molar-refractivity contribution >= 4 is 23.2 Å². The van der Waals surface area contributed by atoms with Gasteiger partial charge in [0.2, 0.25) is 5.91 Å². The molecule has 0 unspecified atom stereocenters. The molecule has 0 spiro atoms. The lowest BCUT2D eigenvalue weighted by atomic mass is 9.61. The fraction of sp³-hybridized carbons (Fsp3) is 0.882. The van der Waals surface area contributed by atoms with Gasteiger partial charge in [0.25, 0.3) is 0 Å². The van der Waals surface area contributed by atoms with Crippen molar-refractivity contribution in [1.29, 1.82) is 0 Å². The van der Waals surface area contributed by atoms with Crippen LogP contribution in [0.1, 0.15) is 44.9 Å². The van der Waals surface area contributed by atoms with Crippen LogP contribution in [0.15, 0.2) is 0 Å². The predicted molar refractivity (Wildman–Crippen MR) is 88.4 cm³/mol. The molecule has 4 nitrogen and oxygen atoms in total. The smallest absolute Gasteiger partial charge is 0.232 e. The topological polar surface area (TPSA) is 41.6 Å². The van der Waals surface area contributed by atoms with Gasteiger partial charge >= 0.3 is 0 Å². The number of carbonyl (C=O) groups is 1. The molecule has 0 radical (unpaired) electrons. The number of hydrogen-bond donors (Lipinski definition) is 1. The van der Waals surface area contributed by atoms with Crippen molar-refractivity contribution < 1.29 is 9.53 Å². The van der Waals surface area contributed by atoms with Gasteiger partial charge in [-0.3, -0.25) is 4.79 Å². The van der Waals surface area contributed by atoms with Crippen LogP contribution in [0.4, 0.5) is 0 Å². The Morgan fingerprint density at radius 1 is 1.09 bits per heavy atom. The first-order valence-corrected chi connectivity index (χ1v) is 9.23. The van der Waals surface area contributed by atoms with Gasteiger partial charge in [-0.2, -0.15) is 0 Å². The summed E-state index contributed by atoms with van der Waals surface area (Å²) in [5.41, 5.74) is -0.130. The molecule has 1 saturated heterocycles. The van der Waals surface area contributed by atoms with E-state index in [2.05, 4.69) is 10.2 Å². The zero-order valence-electron chi connectivity index (χ0n) is 13.2. The molecule has 0 aromatic heterocycles. The predicted octanol–water partition coefficient (Wildman–Crippen LogP) is 2.33. The monoisotopic (exact) mass is 322 g/mol. The number of rotatable bonds is 1. The van der Waals surface area contributed by atoms with Crippen molar-refractivity contribution in [1.82, 2.24) is 10.2 Å². The Bertz CT molecular complexity index is 461. The highest BCUT2D eigenvalue weighted by atomic mass is 32.1. The summed E-state index contributed by atoms with van der Waals surface area (Å²) in [6, 6.07) is 0. The number of fused-ring (bicyclic) bond motifs is 1. The van der Waals surface area contributed by atoms with E-state index < -0.39 is 0 Å². The van der Waals surface area contributed by atoms with Crippen LogP contribution in [0.3, 0.4) is 0 Å². The fourth-order valence-electron chi connectivity index (χ4n) is 5.52. The van der Waals surface area contributed by atoms with E-state index in [1.165, 1.54) is 25.7 Å². The van der Waals surface area contributed by atoms with Gasteiger partial charge in [0.1, 0.15) is 0 Å². The number of nitrogens with zero attached hydrogens (tertiary/aromatic N) is 1. The second-order valence-electron chi connectivity index (χ2n) is 7.89. The molecule has 4 aliphatic carbocycles. The van der Waals surface area contributed by atoms with Crippen LogP contribution in [0.2, 0.25) is 0 Å². The van der Waals surface area contributed by atoms with Crippen LogP contribution in [0.5, 0.6) is 0 Å². The average Bonchev–Trinajstić information content (AvgIpc) is 2.73. The number of amides is 1. The Hall–Kier alpha value is -0.680. The van der Waals surface area contributed by atoms with E-state index in [-0.39, 0.29) is 11.3 Å². The van der Waals surface area contributed by atoms with E-state index in [4.69, 9.17) is 17.0 Å².